The molecule has 1 aliphatic carbocycles. The van der Waals surface area contributed by atoms with E-state index in [2.05, 4.69) is 0 Å². The number of nitrogens with zero attached hydrogens (tertiary/aromatic N) is 1. The van der Waals surface area contributed by atoms with E-state index < -0.39 is 0 Å². The molecule has 0 heterocycles. The summed E-state index contributed by atoms with van der Waals surface area (Å²) in [7, 11) is 1.80. The summed E-state index contributed by atoms with van der Waals surface area (Å²) in [5, 5.41) is 0.680. The second-order valence-electron chi connectivity index (χ2n) is 5.86. The van der Waals surface area contributed by atoms with Crippen molar-refractivity contribution in [1.82, 2.24) is 4.90 Å². The first-order valence-corrected chi connectivity index (χ1v) is 7.78. The van der Waals surface area contributed by atoms with Crippen LogP contribution in [0, 0.1) is 0 Å². The van der Waals surface area contributed by atoms with Gasteiger partial charge < -0.3 is 15.4 Å². The third-order valence-corrected chi connectivity index (χ3v) is 4.29. The van der Waals surface area contributed by atoms with Gasteiger partial charge in [0, 0.05) is 24.0 Å². The Morgan fingerprint density at radius 2 is 1.95 bits per heavy atom. The van der Waals surface area contributed by atoms with Crippen LogP contribution in [0.25, 0.3) is 0 Å². The Kier molecular flexibility index (Phi) is 5.48. The molecule has 0 aliphatic heterocycles. The number of benzene rings is 1. The van der Waals surface area contributed by atoms with Gasteiger partial charge in [-0.1, -0.05) is 24.4 Å². The molecule has 1 saturated carbocycles. The van der Waals surface area contributed by atoms with E-state index in [4.69, 9.17) is 22.1 Å². The summed E-state index contributed by atoms with van der Waals surface area (Å²) in [6.07, 6.45) is 4.60. The summed E-state index contributed by atoms with van der Waals surface area (Å²) >= 11 is 5.81. The largest absolute Gasteiger partial charge is 0.492 e. The standard InChI is InChI=1S/C16H23ClN2O2/c1-19(15(20)12-16(18)8-2-3-9-16)10-11-21-14-6-4-13(17)5-7-14/h4-7H,2-3,8-12,18H2,1H3. The van der Waals surface area contributed by atoms with E-state index in [9.17, 15) is 4.79 Å². The van der Waals surface area contributed by atoms with Gasteiger partial charge in [0.25, 0.3) is 0 Å². The summed E-state index contributed by atoms with van der Waals surface area (Å²) in [5.41, 5.74) is 5.95. The average Bonchev–Trinajstić information content (AvgIpc) is 2.87. The smallest absolute Gasteiger partial charge is 0.224 e. The van der Waals surface area contributed by atoms with Crippen LogP contribution in [0.15, 0.2) is 24.3 Å². The molecule has 1 fully saturated rings. The molecule has 1 aromatic carbocycles. The van der Waals surface area contributed by atoms with E-state index in [0.717, 1.165) is 31.4 Å². The second kappa shape index (κ2) is 7.14. The summed E-state index contributed by atoms with van der Waals surface area (Å²) in [4.78, 5) is 13.9. The van der Waals surface area contributed by atoms with Gasteiger partial charge in [0.15, 0.2) is 0 Å². The number of hydrogen-bond donors (Lipinski definition) is 1. The van der Waals surface area contributed by atoms with Gasteiger partial charge in [0.05, 0.1) is 6.54 Å². The fraction of sp³-hybridized carbons (Fsp3) is 0.562. The van der Waals surface area contributed by atoms with Crippen LogP contribution in [0.5, 0.6) is 5.75 Å². The molecule has 0 radical (unpaired) electrons. The lowest BCUT2D eigenvalue weighted by Crippen LogP contribution is -2.43. The molecular formula is C16H23ClN2O2. The van der Waals surface area contributed by atoms with E-state index >= 15 is 0 Å². The number of carbonyl (C=O) groups is 1. The van der Waals surface area contributed by atoms with Crippen molar-refractivity contribution in [2.24, 2.45) is 5.73 Å². The quantitative estimate of drug-likeness (QED) is 0.879. The topological polar surface area (TPSA) is 55.6 Å². The van der Waals surface area contributed by atoms with Crippen LogP contribution in [-0.4, -0.2) is 36.5 Å². The molecular weight excluding hydrogens is 288 g/mol. The Morgan fingerprint density at radius 3 is 2.57 bits per heavy atom. The van der Waals surface area contributed by atoms with E-state index in [-0.39, 0.29) is 11.4 Å². The Balaban J connectivity index is 1.72. The van der Waals surface area contributed by atoms with Gasteiger partial charge in [-0.05, 0) is 37.1 Å². The molecule has 0 atom stereocenters. The molecule has 4 nitrogen and oxygen atoms in total. The zero-order valence-electron chi connectivity index (χ0n) is 12.5. The van der Waals surface area contributed by atoms with E-state index in [1.54, 1.807) is 24.1 Å². The second-order valence-corrected chi connectivity index (χ2v) is 6.30. The number of amides is 1. The summed E-state index contributed by atoms with van der Waals surface area (Å²) < 4.78 is 5.59. The van der Waals surface area contributed by atoms with Crippen LogP contribution in [0.2, 0.25) is 5.02 Å². The van der Waals surface area contributed by atoms with Crippen LogP contribution >= 0.6 is 11.6 Å². The molecule has 0 bridgehead atoms. The number of rotatable bonds is 6. The fourth-order valence-electron chi connectivity index (χ4n) is 2.65. The Bertz CT molecular complexity index is 470. The van der Waals surface area contributed by atoms with Crippen molar-refractivity contribution >= 4 is 17.5 Å². The SMILES string of the molecule is CN(CCOc1ccc(Cl)cc1)C(=O)CC1(N)CCCC1. The Morgan fingerprint density at radius 1 is 1.33 bits per heavy atom. The van der Waals surface area contributed by atoms with Crippen molar-refractivity contribution < 1.29 is 9.53 Å². The first kappa shape index (κ1) is 16.1. The third kappa shape index (κ3) is 4.90. The Hall–Kier alpha value is -1.26. The van der Waals surface area contributed by atoms with E-state index in [1.807, 2.05) is 12.1 Å². The number of nitrogens with two attached hydrogens (primary N) is 1. The molecule has 2 N–H and O–H groups in total. The molecule has 1 amide bonds. The molecule has 1 aromatic rings. The van der Waals surface area contributed by atoms with Gasteiger partial charge in [0.2, 0.25) is 5.91 Å². The molecule has 0 unspecified atom stereocenters. The highest BCUT2D eigenvalue weighted by molar-refractivity contribution is 6.30. The lowest BCUT2D eigenvalue weighted by atomic mass is 9.94. The minimum atomic E-state index is -0.289. The zero-order chi connectivity index (χ0) is 15.3. The van der Waals surface area contributed by atoms with Gasteiger partial charge >= 0.3 is 0 Å². The predicted molar refractivity (Wildman–Crippen MR) is 84.6 cm³/mol. The highest BCUT2D eigenvalue weighted by atomic mass is 35.5. The maximum absolute atomic E-state index is 12.2. The van der Waals surface area contributed by atoms with Crippen molar-refractivity contribution in [3.8, 4) is 5.75 Å². The monoisotopic (exact) mass is 310 g/mol. The maximum atomic E-state index is 12.2. The molecule has 1 aliphatic rings. The molecule has 0 aromatic heterocycles. The maximum Gasteiger partial charge on any atom is 0.224 e. The molecule has 5 heteroatoms. The van der Waals surface area contributed by atoms with Gasteiger partial charge in [-0.3, -0.25) is 4.79 Å². The highest BCUT2D eigenvalue weighted by Crippen LogP contribution is 2.30. The van der Waals surface area contributed by atoms with Gasteiger partial charge in [-0.2, -0.15) is 0 Å². The lowest BCUT2D eigenvalue weighted by Gasteiger charge is -2.26. The van der Waals surface area contributed by atoms with Crippen LogP contribution in [0.1, 0.15) is 32.1 Å². The average molecular weight is 311 g/mol. The van der Waals surface area contributed by atoms with Crippen molar-refractivity contribution in [2.75, 3.05) is 20.2 Å². The molecule has 0 saturated heterocycles. The number of halogens is 1. The van der Waals surface area contributed by atoms with Crippen LogP contribution < -0.4 is 10.5 Å². The first-order chi connectivity index (χ1) is 9.98. The molecule has 116 valence electrons. The van der Waals surface area contributed by atoms with Crippen molar-refractivity contribution in [1.29, 1.82) is 0 Å². The van der Waals surface area contributed by atoms with Gasteiger partial charge in [0.1, 0.15) is 12.4 Å². The first-order valence-electron chi connectivity index (χ1n) is 7.40. The molecule has 21 heavy (non-hydrogen) atoms. The highest BCUT2D eigenvalue weighted by Gasteiger charge is 2.32. The number of ether oxygens (including phenoxy) is 1. The van der Waals surface area contributed by atoms with Crippen molar-refractivity contribution in [3.63, 3.8) is 0 Å². The summed E-state index contributed by atoms with van der Waals surface area (Å²) in [6, 6.07) is 7.20. The van der Waals surface area contributed by atoms with Crippen molar-refractivity contribution in [3.05, 3.63) is 29.3 Å². The molecule has 2 rings (SSSR count). The fourth-order valence-corrected chi connectivity index (χ4v) is 2.77. The number of hydrogen-bond acceptors (Lipinski definition) is 3. The molecule has 0 spiro atoms. The summed E-state index contributed by atoms with van der Waals surface area (Å²) in [6.45, 7) is 1.01. The Labute approximate surface area is 131 Å². The van der Waals surface area contributed by atoms with Crippen LogP contribution in [0.4, 0.5) is 0 Å². The zero-order valence-corrected chi connectivity index (χ0v) is 13.2. The number of likely N-dealkylation sites (N-methyl/N-ethyl adjacent to an activating group) is 1. The summed E-state index contributed by atoms with van der Waals surface area (Å²) in [5.74, 6) is 0.852. The van der Waals surface area contributed by atoms with Crippen LogP contribution in [0.3, 0.4) is 0 Å². The van der Waals surface area contributed by atoms with Gasteiger partial charge in [-0.25, -0.2) is 0 Å². The third-order valence-electron chi connectivity index (χ3n) is 4.04. The lowest BCUT2D eigenvalue weighted by molar-refractivity contribution is -0.131. The normalized spacial score (nSPS) is 16.7. The van der Waals surface area contributed by atoms with Crippen molar-refractivity contribution in [2.45, 2.75) is 37.6 Å². The number of carbonyl (C=O) groups excluding carboxylic acids is 1. The minimum absolute atomic E-state index is 0.0964. The van der Waals surface area contributed by atoms with E-state index in [0.29, 0.717) is 24.6 Å². The van der Waals surface area contributed by atoms with Gasteiger partial charge in [-0.15, -0.1) is 0 Å². The minimum Gasteiger partial charge on any atom is -0.492 e. The predicted octanol–water partition coefficient (Wildman–Crippen LogP) is 2.84. The van der Waals surface area contributed by atoms with Crippen LogP contribution in [-0.2, 0) is 4.79 Å². The van der Waals surface area contributed by atoms with E-state index in [1.165, 1.54) is 0 Å².